The van der Waals surface area contributed by atoms with E-state index in [4.69, 9.17) is 0 Å². The summed E-state index contributed by atoms with van der Waals surface area (Å²) in [4.78, 5) is 24.2. The van der Waals surface area contributed by atoms with Crippen LogP contribution in [0.3, 0.4) is 0 Å². The average Bonchev–Trinajstić information content (AvgIpc) is 3.09. The monoisotopic (exact) mass is 473 g/mol. The van der Waals surface area contributed by atoms with Crippen molar-refractivity contribution >= 4 is 48.9 Å². The Morgan fingerprint density at radius 1 is 1.11 bits per heavy atom. The number of hydrogen-bond donors (Lipinski definition) is 0. The van der Waals surface area contributed by atoms with Gasteiger partial charge in [-0.1, -0.05) is 12.1 Å². The van der Waals surface area contributed by atoms with Gasteiger partial charge in [-0.25, -0.2) is 8.42 Å². The summed E-state index contributed by atoms with van der Waals surface area (Å²) in [5, 5.41) is 10.7. The number of nitro groups is 1. The molecule has 1 aliphatic rings. The zero-order valence-corrected chi connectivity index (χ0v) is 17.3. The summed E-state index contributed by atoms with van der Waals surface area (Å²) in [5.41, 5.74) is 0.661. The summed E-state index contributed by atoms with van der Waals surface area (Å²) in [6.45, 7) is 1.11. The van der Waals surface area contributed by atoms with Crippen molar-refractivity contribution in [2.24, 2.45) is 0 Å². The number of carbonyl (C=O) groups excluding carboxylic acids is 1. The van der Waals surface area contributed by atoms with Crippen molar-refractivity contribution in [3.63, 3.8) is 0 Å². The molecule has 1 saturated heterocycles. The second kappa shape index (κ2) is 8.05. The number of rotatable bonds is 5. The third kappa shape index (κ3) is 4.54. The van der Waals surface area contributed by atoms with Gasteiger partial charge in [0.1, 0.15) is 4.21 Å². The first-order chi connectivity index (χ1) is 12.8. The third-order valence-electron chi connectivity index (χ3n) is 4.24. The molecular formula is C16H16BrN3O5S2. The van der Waals surface area contributed by atoms with E-state index < -0.39 is 14.9 Å². The number of nitrogens with zero attached hydrogens (tertiary/aromatic N) is 3. The molecule has 27 heavy (non-hydrogen) atoms. The second-order valence-corrected chi connectivity index (χ2v) is 10.6. The highest BCUT2D eigenvalue weighted by Crippen LogP contribution is 2.29. The molecule has 144 valence electrons. The van der Waals surface area contributed by atoms with Crippen molar-refractivity contribution in [2.75, 3.05) is 26.2 Å². The first-order valence-corrected chi connectivity index (χ1v) is 11.1. The van der Waals surface area contributed by atoms with E-state index in [1.165, 1.54) is 16.4 Å². The number of halogens is 1. The van der Waals surface area contributed by atoms with E-state index in [0.717, 1.165) is 15.1 Å². The molecule has 0 radical (unpaired) electrons. The smallest absolute Gasteiger partial charge is 0.269 e. The maximum Gasteiger partial charge on any atom is 0.269 e. The lowest BCUT2D eigenvalue weighted by molar-refractivity contribution is -0.384. The molecule has 1 aromatic carbocycles. The van der Waals surface area contributed by atoms with Gasteiger partial charge < -0.3 is 4.90 Å². The van der Waals surface area contributed by atoms with Crippen molar-refractivity contribution in [2.45, 2.75) is 10.6 Å². The number of non-ortho nitro benzene ring substituents is 1. The van der Waals surface area contributed by atoms with E-state index in [1.54, 1.807) is 29.2 Å². The number of nitro benzene ring substituents is 1. The normalized spacial score (nSPS) is 15.7. The minimum absolute atomic E-state index is 0.0229. The number of thiophene rings is 1. The molecule has 0 unspecified atom stereocenters. The lowest BCUT2D eigenvalue weighted by atomic mass is 10.1. The second-order valence-electron chi connectivity index (χ2n) is 5.94. The molecule has 2 aromatic rings. The fraction of sp³-hybridized carbons (Fsp3) is 0.312. The van der Waals surface area contributed by atoms with Crippen LogP contribution < -0.4 is 0 Å². The van der Waals surface area contributed by atoms with E-state index in [9.17, 15) is 23.3 Å². The number of carbonyl (C=O) groups is 1. The van der Waals surface area contributed by atoms with Crippen LogP contribution in [-0.2, 0) is 21.2 Å². The van der Waals surface area contributed by atoms with Gasteiger partial charge in [0, 0.05) is 38.3 Å². The van der Waals surface area contributed by atoms with E-state index >= 15 is 0 Å². The zero-order chi connectivity index (χ0) is 19.6. The highest BCUT2D eigenvalue weighted by atomic mass is 79.9. The van der Waals surface area contributed by atoms with Crippen LogP contribution in [0.2, 0.25) is 0 Å². The Balaban J connectivity index is 1.58. The molecule has 0 N–H and O–H groups in total. The summed E-state index contributed by atoms with van der Waals surface area (Å²) in [6, 6.07) is 9.12. The van der Waals surface area contributed by atoms with E-state index in [-0.39, 0.29) is 35.3 Å². The lowest BCUT2D eigenvalue weighted by Crippen LogP contribution is -2.50. The maximum atomic E-state index is 12.6. The first-order valence-electron chi connectivity index (χ1n) is 8.04. The fourth-order valence-electron chi connectivity index (χ4n) is 2.76. The van der Waals surface area contributed by atoms with Gasteiger partial charge >= 0.3 is 0 Å². The molecule has 1 amide bonds. The Kier molecular flexibility index (Phi) is 5.94. The van der Waals surface area contributed by atoms with Crippen molar-refractivity contribution in [1.82, 2.24) is 9.21 Å². The van der Waals surface area contributed by atoms with Crippen LogP contribution in [0.25, 0.3) is 0 Å². The Morgan fingerprint density at radius 3 is 2.26 bits per heavy atom. The highest BCUT2D eigenvalue weighted by Gasteiger charge is 2.31. The van der Waals surface area contributed by atoms with Crippen molar-refractivity contribution in [3.8, 4) is 0 Å². The highest BCUT2D eigenvalue weighted by molar-refractivity contribution is 9.11. The molecule has 2 heterocycles. The lowest BCUT2D eigenvalue weighted by Gasteiger charge is -2.33. The van der Waals surface area contributed by atoms with Crippen LogP contribution in [0, 0.1) is 10.1 Å². The Morgan fingerprint density at radius 2 is 1.74 bits per heavy atom. The molecular weight excluding hydrogens is 458 g/mol. The average molecular weight is 474 g/mol. The predicted octanol–water partition coefficient (Wildman–Crippen LogP) is 2.49. The number of amides is 1. The maximum absolute atomic E-state index is 12.6. The van der Waals surface area contributed by atoms with Gasteiger partial charge in [-0.05, 0) is 33.6 Å². The molecule has 1 aliphatic heterocycles. The van der Waals surface area contributed by atoms with Crippen molar-refractivity contribution in [3.05, 3.63) is 55.9 Å². The molecule has 0 bridgehead atoms. The topological polar surface area (TPSA) is 101 Å². The number of piperazine rings is 1. The number of sulfonamides is 1. The minimum atomic E-state index is -3.54. The van der Waals surface area contributed by atoms with Crippen LogP contribution in [0.15, 0.2) is 44.4 Å². The largest absolute Gasteiger partial charge is 0.340 e. The number of hydrogen-bond acceptors (Lipinski definition) is 6. The van der Waals surface area contributed by atoms with Crippen LogP contribution in [0.5, 0.6) is 0 Å². The third-order valence-corrected chi connectivity index (χ3v) is 8.23. The molecule has 1 aromatic heterocycles. The Hall–Kier alpha value is -1.82. The van der Waals surface area contributed by atoms with Gasteiger partial charge in [0.2, 0.25) is 5.91 Å². The van der Waals surface area contributed by atoms with Gasteiger partial charge in [0.15, 0.2) is 0 Å². The standard InChI is InChI=1S/C16H16BrN3O5S2/c17-14-5-6-16(26-14)27(24,25)19-9-7-18(8-10-19)15(21)11-12-1-3-13(4-2-12)20(22)23/h1-6H,7-11H2. The molecule has 3 rings (SSSR count). The molecule has 8 nitrogen and oxygen atoms in total. The Labute approximate surface area is 168 Å². The van der Waals surface area contributed by atoms with Gasteiger partial charge in [-0.15, -0.1) is 11.3 Å². The van der Waals surface area contributed by atoms with Gasteiger partial charge in [-0.2, -0.15) is 4.31 Å². The molecule has 1 fully saturated rings. The summed E-state index contributed by atoms with van der Waals surface area (Å²) in [7, 11) is -3.54. The van der Waals surface area contributed by atoms with Crippen LogP contribution in [0.1, 0.15) is 5.56 Å². The molecule has 11 heteroatoms. The van der Waals surface area contributed by atoms with Gasteiger partial charge in [0.25, 0.3) is 15.7 Å². The van der Waals surface area contributed by atoms with Crippen LogP contribution in [-0.4, -0.2) is 54.6 Å². The fourth-order valence-corrected chi connectivity index (χ4v) is 6.35. The van der Waals surface area contributed by atoms with E-state index in [0.29, 0.717) is 18.7 Å². The number of benzene rings is 1. The Bertz CT molecular complexity index is 951. The van der Waals surface area contributed by atoms with E-state index in [2.05, 4.69) is 15.9 Å². The quantitative estimate of drug-likeness (QED) is 0.490. The van der Waals surface area contributed by atoms with Gasteiger partial charge in [-0.3, -0.25) is 14.9 Å². The molecule has 0 spiro atoms. The molecule has 0 saturated carbocycles. The molecule has 0 atom stereocenters. The first kappa shape index (κ1) is 19.9. The van der Waals surface area contributed by atoms with Crippen molar-refractivity contribution < 1.29 is 18.1 Å². The summed E-state index contributed by atoms with van der Waals surface area (Å²) >= 11 is 4.43. The molecule has 0 aliphatic carbocycles. The minimum Gasteiger partial charge on any atom is -0.340 e. The predicted molar refractivity (Wildman–Crippen MR) is 104 cm³/mol. The zero-order valence-electron chi connectivity index (χ0n) is 14.1. The van der Waals surface area contributed by atoms with E-state index in [1.807, 2.05) is 0 Å². The van der Waals surface area contributed by atoms with Crippen LogP contribution >= 0.6 is 27.3 Å². The SMILES string of the molecule is O=C(Cc1ccc([N+](=O)[O-])cc1)N1CCN(S(=O)(=O)c2ccc(Br)s2)CC1. The van der Waals surface area contributed by atoms with Crippen LogP contribution in [0.4, 0.5) is 5.69 Å². The summed E-state index contributed by atoms with van der Waals surface area (Å²) < 4.78 is 27.6. The van der Waals surface area contributed by atoms with Gasteiger partial charge in [0.05, 0.1) is 15.1 Å². The summed E-state index contributed by atoms with van der Waals surface area (Å²) in [5.74, 6) is -0.125. The summed E-state index contributed by atoms with van der Waals surface area (Å²) in [6.07, 6.45) is 0.128. The van der Waals surface area contributed by atoms with Crippen molar-refractivity contribution in [1.29, 1.82) is 0 Å².